The average molecular weight is 467 g/mol. The van der Waals surface area contributed by atoms with E-state index in [1.54, 1.807) is 12.4 Å². The highest BCUT2D eigenvalue weighted by Crippen LogP contribution is 2.42. The summed E-state index contributed by atoms with van der Waals surface area (Å²) in [5.74, 6) is 1.67. The maximum Gasteiger partial charge on any atom is 0.226 e. The van der Waals surface area contributed by atoms with Crippen molar-refractivity contribution in [2.24, 2.45) is 15.6 Å². The van der Waals surface area contributed by atoms with Crippen molar-refractivity contribution in [2.45, 2.75) is 19.9 Å². The largest absolute Gasteiger partial charge is 0.339 e. The molecule has 2 fully saturated rings. The molecule has 0 saturated carbocycles. The number of hydrogen-bond donors (Lipinski definition) is 0. The zero-order valence-electron chi connectivity index (χ0n) is 18.7. The Morgan fingerprint density at radius 1 is 1.15 bits per heavy atom. The molecule has 0 atom stereocenters. The Morgan fingerprint density at radius 3 is 2.61 bits per heavy atom. The maximum atomic E-state index is 12.5. The number of nitrogens with zero attached hydrogens (tertiary/aromatic N) is 8. The molecular formula is C23H27ClN8O. The van der Waals surface area contributed by atoms with Gasteiger partial charge in [-0.1, -0.05) is 18.5 Å². The Hall–Kier alpha value is -3.20. The number of anilines is 2. The molecule has 1 aromatic carbocycles. The van der Waals surface area contributed by atoms with Gasteiger partial charge >= 0.3 is 0 Å². The second-order valence-corrected chi connectivity index (χ2v) is 9.33. The molecule has 3 aliphatic heterocycles. The van der Waals surface area contributed by atoms with E-state index in [-0.39, 0.29) is 11.3 Å². The fourth-order valence-corrected chi connectivity index (χ4v) is 5.22. The SMILES string of the molecule is C=N/N=C(/N1CC2(C1)CN(c1ncccn1)C2)N1CCN(C(=O)CC)Cc2cc(Cl)ccc21. The zero-order chi connectivity index (χ0) is 23.0. The predicted molar refractivity (Wildman–Crippen MR) is 130 cm³/mol. The van der Waals surface area contributed by atoms with E-state index in [1.807, 2.05) is 36.1 Å². The first kappa shape index (κ1) is 21.6. The van der Waals surface area contributed by atoms with E-state index in [1.165, 1.54) is 0 Å². The fraction of sp³-hybridized carbons (Fsp3) is 0.435. The van der Waals surface area contributed by atoms with Crippen LogP contribution < -0.4 is 9.80 Å². The van der Waals surface area contributed by atoms with Gasteiger partial charge in [-0.3, -0.25) is 4.79 Å². The van der Waals surface area contributed by atoms with Gasteiger partial charge in [0, 0.05) is 87.5 Å². The van der Waals surface area contributed by atoms with Crippen LogP contribution in [0.4, 0.5) is 11.6 Å². The van der Waals surface area contributed by atoms with Gasteiger partial charge in [0.15, 0.2) is 0 Å². The Balaban J connectivity index is 1.35. The smallest absolute Gasteiger partial charge is 0.226 e. The lowest BCUT2D eigenvalue weighted by Crippen LogP contribution is -2.74. The predicted octanol–water partition coefficient (Wildman–Crippen LogP) is 2.48. The number of fused-ring (bicyclic) bond motifs is 1. The molecule has 10 heteroatoms. The van der Waals surface area contributed by atoms with Crippen molar-refractivity contribution in [3.8, 4) is 0 Å². The molecule has 0 bridgehead atoms. The second kappa shape index (κ2) is 8.62. The van der Waals surface area contributed by atoms with Gasteiger partial charge in [-0.25, -0.2) is 9.97 Å². The first-order valence-corrected chi connectivity index (χ1v) is 11.5. The lowest BCUT2D eigenvalue weighted by Gasteiger charge is -2.61. The minimum atomic E-state index is 0.128. The molecule has 2 aromatic rings. The third-order valence-electron chi connectivity index (χ3n) is 6.57. The summed E-state index contributed by atoms with van der Waals surface area (Å²) in [7, 11) is 0. The molecule has 33 heavy (non-hydrogen) atoms. The van der Waals surface area contributed by atoms with Gasteiger partial charge in [0.1, 0.15) is 0 Å². The van der Waals surface area contributed by atoms with Crippen LogP contribution in [0.5, 0.6) is 0 Å². The number of carbonyl (C=O) groups is 1. The monoisotopic (exact) mass is 466 g/mol. The summed E-state index contributed by atoms with van der Waals surface area (Å²) in [6.07, 6.45) is 4.02. The number of halogens is 1. The maximum absolute atomic E-state index is 12.5. The van der Waals surface area contributed by atoms with Crippen LogP contribution in [-0.2, 0) is 11.3 Å². The zero-order valence-corrected chi connectivity index (χ0v) is 19.4. The summed E-state index contributed by atoms with van der Waals surface area (Å²) >= 11 is 6.30. The summed E-state index contributed by atoms with van der Waals surface area (Å²) in [5, 5.41) is 8.96. The molecule has 0 radical (unpaired) electrons. The minimum absolute atomic E-state index is 0.128. The van der Waals surface area contributed by atoms with Crippen molar-refractivity contribution >= 4 is 41.8 Å². The summed E-state index contributed by atoms with van der Waals surface area (Å²) in [6.45, 7) is 10.9. The Morgan fingerprint density at radius 2 is 1.91 bits per heavy atom. The molecular weight excluding hydrogens is 440 g/mol. The van der Waals surface area contributed by atoms with Crippen LogP contribution in [0, 0.1) is 5.41 Å². The number of benzene rings is 1. The van der Waals surface area contributed by atoms with Gasteiger partial charge in [0.2, 0.25) is 17.8 Å². The van der Waals surface area contributed by atoms with Crippen molar-refractivity contribution in [3.63, 3.8) is 0 Å². The summed E-state index contributed by atoms with van der Waals surface area (Å²) in [4.78, 5) is 29.7. The third-order valence-corrected chi connectivity index (χ3v) is 6.80. The first-order chi connectivity index (χ1) is 16.0. The average Bonchev–Trinajstić information content (AvgIpc) is 2.96. The highest BCUT2D eigenvalue weighted by atomic mass is 35.5. The number of guanidine groups is 1. The molecule has 1 aromatic heterocycles. The fourth-order valence-electron chi connectivity index (χ4n) is 5.03. The molecule has 4 heterocycles. The van der Waals surface area contributed by atoms with Crippen molar-refractivity contribution in [2.75, 3.05) is 49.1 Å². The van der Waals surface area contributed by atoms with Crippen LogP contribution in [0.25, 0.3) is 0 Å². The topological polar surface area (TPSA) is 80.5 Å². The van der Waals surface area contributed by atoms with E-state index in [9.17, 15) is 4.79 Å². The molecule has 0 unspecified atom stereocenters. The quantitative estimate of drug-likeness (QED) is 0.393. The van der Waals surface area contributed by atoms with E-state index in [4.69, 9.17) is 11.6 Å². The van der Waals surface area contributed by atoms with Crippen LogP contribution in [0.2, 0.25) is 5.02 Å². The van der Waals surface area contributed by atoms with Crippen LogP contribution >= 0.6 is 11.6 Å². The van der Waals surface area contributed by atoms with E-state index in [0.29, 0.717) is 31.1 Å². The second-order valence-electron chi connectivity index (χ2n) is 8.90. The highest BCUT2D eigenvalue weighted by molar-refractivity contribution is 6.30. The molecule has 2 saturated heterocycles. The van der Waals surface area contributed by atoms with Crippen molar-refractivity contribution in [1.29, 1.82) is 0 Å². The normalized spacial score (nSPS) is 19.5. The Kier molecular flexibility index (Phi) is 5.65. The summed E-state index contributed by atoms with van der Waals surface area (Å²) in [6, 6.07) is 7.65. The summed E-state index contributed by atoms with van der Waals surface area (Å²) < 4.78 is 0. The molecule has 1 amide bonds. The van der Waals surface area contributed by atoms with E-state index < -0.39 is 0 Å². The van der Waals surface area contributed by atoms with Crippen molar-refractivity contribution in [3.05, 3.63) is 47.2 Å². The highest BCUT2D eigenvalue weighted by Gasteiger charge is 2.54. The molecule has 0 N–H and O–H groups in total. The number of hydrogen-bond acceptors (Lipinski definition) is 6. The molecule has 3 aliphatic rings. The lowest BCUT2D eigenvalue weighted by atomic mass is 9.73. The number of carbonyl (C=O) groups excluding carboxylic acids is 1. The Bertz CT molecular complexity index is 1080. The van der Waals surface area contributed by atoms with Gasteiger partial charge in [0.05, 0.1) is 0 Å². The number of rotatable bonds is 3. The molecule has 0 aliphatic carbocycles. The van der Waals surface area contributed by atoms with Crippen LogP contribution in [-0.4, -0.2) is 77.6 Å². The van der Waals surface area contributed by atoms with Gasteiger partial charge in [0.25, 0.3) is 0 Å². The van der Waals surface area contributed by atoms with E-state index in [2.05, 4.69) is 41.6 Å². The van der Waals surface area contributed by atoms with Crippen LogP contribution in [0.1, 0.15) is 18.9 Å². The Labute approximate surface area is 198 Å². The van der Waals surface area contributed by atoms with E-state index in [0.717, 1.165) is 49.3 Å². The van der Waals surface area contributed by atoms with Crippen LogP contribution in [0.3, 0.4) is 0 Å². The van der Waals surface area contributed by atoms with Crippen molar-refractivity contribution in [1.82, 2.24) is 19.8 Å². The van der Waals surface area contributed by atoms with Gasteiger partial charge in [-0.15, -0.1) is 5.10 Å². The third kappa shape index (κ3) is 4.01. The number of likely N-dealkylation sites (tertiary alicyclic amines) is 1. The van der Waals surface area contributed by atoms with Gasteiger partial charge in [-0.05, 0) is 29.8 Å². The first-order valence-electron chi connectivity index (χ1n) is 11.2. The summed E-state index contributed by atoms with van der Waals surface area (Å²) in [5.41, 5.74) is 2.21. The van der Waals surface area contributed by atoms with Gasteiger partial charge < -0.3 is 19.6 Å². The number of aromatic nitrogens is 2. The van der Waals surface area contributed by atoms with E-state index >= 15 is 0 Å². The standard InChI is InChI=1S/C23H27ClN8O/c1-3-20(33)29-9-10-32(19-6-5-18(24)11-17(19)12-29)22(28-25-2)31-15-23(16-31)13-30(14-23)21-26-7-4-8-27-21/h4-8,11H,2-3,9-10,12-16H2,1H3/b28-22-. The molecule has 5 rings (SSSR count). The molecule has 9 nitrogen and oxygen atoms in total. The van der Waals surface area contributed by atoms with Gasteiger partial charge in [-0.2, -0.15) is 5.10 Å². The number of amides is 1. The lowest BCUT2D eigenvalue weighted by molar-refractivity contribution is -0.131. The van der Waals surface area contributed by atoms with Crippen molar-refractivity contribution < 1.29 is 4.79 Å². The van der Waals surface area contributed by atoms with Crippen LogP contribution in [0.15, 0.2) is 46.9 Å². The minimum Gasteiger partial charge on any atom is -0.339 e. The molecule has 172 valence electrons. The molecule has 1 spiro atoms.